The van der Waals surface area contributed by atoms with Gasteiger partial charge in [-0.15, -0.1) is 0 Å². The number of ether oxygens (including phenoxy) is 1. The predicted molar refractivity (Wildman–Crippen MR) is 73.9 cm³/mol. The Labute approximate surface area is 113 Å². The van der Waals surface area contributed by atoms with Crippen molar-refractivity contribution in [2.45, 2.75) is 19.3 Å². The molecular formula is C16H17NO2. The average Bonchev–Trinajstić information content (AvgIpc) is 2.49. The minimum atomic E-state index is -0.251. The Bertz CT molecular complexity index is 497. The summed E-state index contributed by atoms with van der Waals surface area (Å²) < 4.78 is 5.21. The van der Waals surface area contributed by atoms with Crippen LogP contribution in [0.3, 0.4) is 0 Å². The number of aromatic nitrogens is 1. The molecule has 1 heterocycles. The number of unbranched alkanes of at least 4 members (excludes halogenated alkanes) is 1. The van der Waals surface area contributed by atoms with Crippen LogP contribution in [-0.4, -0.2) is 17.6 Å². The van der Waals surface area contributed by atoms with Crippen LogP contribution in [0.5, 0.6) is 0 Å². The molecule has 98 valence electrons. The van der Waals surface area contributed by atoms with Crippen molar-refractivity contribution in [1.29, 1.82) is 0 Å². The molecule has 0 unspecified atom stereocenters. The van der Waals surface area contributed by atoms with E-state index in [1.54, 1.807) is 18.3 Å². The Kier molecular flexibility index (Phi) is 5.11. The molecule has 2 aromatic rings. The van der Waals surface area contributed by atoms with Gasteiger partial charge in [-0.3, -0.25) is 4.98 Å². The minimum Gasteiger partial charge on any atom is -0.462 e. The van der Waals surface area contributed by atoms with Crippen LogP contribution in [0.2, 0.25) is 0 Å². The largest absolute Gasteiger partial charge is 0.462 e. The second kappa shape index (κ2) is 7.31. The van der Waals surface area contributed by atoms with Gasteiger partial charge in [0.05, 0.1) is 12.2 Å². The molecule has 0 aliphatic heterocycles. The number of nitrogens with zero attached hydrogens (tertiary/aromatic N) is 1. The normalized spacial score (nSPS) is 10.1. The number of hydrogen-bond acceptors (Lipinski definition) is 3. The van der Waals surface area contributed by atoms with Crippen molar-refractivity contribution in [3.8, 4) is 0 Å². The summed E-state index contributed by atoms with van der Waals surface area (Å²) in [5, 5.41) is 0. The van der Waals surface area contributed by atoms with Crippen LogP contribution in [0, 0.1) is 0 Å². The highest BCUT2D eigenvalue weighted by atomic mass is 16.5. The van der Waals surface area contributed by atoms with Gasteiger partial charge in [-0.05, 0) is 43.5 Å². The number of esters is 1. The molecule has 0 atom stereocenters. The summed E-state index contributed by atoms with van der Waals surface area (Å²) in [7, 11) is 0. The molecule has 0 saturated heterocycles. The van der Waals surface area contributed by atoms with Crippen LogP contribution < -0.4 is 0 Å². The van der Waals surface area contributed by atoms with E-state index >= 15 is 0 Å². The lowest BCUT2D eigenvalue weighted by Gasteiger charge is -2.04. The summed E-state index contributed by atoms with van der Waals surface area (Å²) in [5.41, 5.74) is 1.68. The van der Waals surface area contributed by atoms with Crippen LogP contribution in [0.4, 0.5) is 0 Å². The molecule has 0 radical (unpaired) electrons. The predicted octanol–water partition coefficient (Wildman–Crippen LogP) is 3.26. The minimum absolute atomic E-state index is 0.251. The molecule has 0 amide bonds. The molecule has 3 nitrogen and oxygen atoms in total. The van der Waals surface area contributed by atoms with E-state index in [9.17, 15) is 4.79 Å². The number of carbonyl (C=O) groups is 1. The molecule has 0 aliphatic carbocycles. The fraction of sp³-hybridized carbons (Fsp3) is 0.250. The summed E-state index contributed by atoms with van der Waals surface area (Å²) in [6, 6.07) is 15.0. The number of pyridine rings is 1. The topological polar surface area (TPSA) is 39.2 Å². The summed E-state index contributed by atoms with van der Waals surface area (Å²) in [6.45, 7) is 0.459. The Balaban J connectivity index is 1.63. The first-order valence-electron chi connectivity index (χ1n) is 6.48. The van der Waals surface area contributed by atoms with Gasteiger partial charge in [0.2, 0.25) is 0 Å². The fourth-order valence-electron chi connectivity index (χ4n) is 1.78. The molecule has 0 saturated carbocycles. The van der Waals surface area contributed by atoms with Crippen LogP contribution in [0.15, 0.2) is 54.7 Å². The summed E-state index contributed by atoms with van der Waals surface area (Å²) in [4.78, 5) is 15.9. The van der Waals surface area contributed by atoms with E-state index < -0.39 is 0 Å². The number of aryl methyl sites for hydroxylation is 1. The third-order valence-corrected chi connectivity index (χ3v) is 2.80. The van der Waals surface area contributed by atoms with Gasteiger partial charge in [0, 0.05) is 11.9 Å². The zero-order valence-corrected chi connectivity index (χ0v) is 10.8. The van der Waals surface area contributed by atoms with E-state index in [0.717, 1.165) is 25.0 Å². The molecule has 0 bridgehead atoms. The van der Waals surface area contributed by atoms with E-state index in [2.05, 4.69) is 4.98 Å². The van der Waals surface area contributed by atoms with Gasteiger partial charge >= 0.3 is 5.97 Å². The summed E-state index contributed by atoms with van der Waals surface area (Å²) in [5.74, 6) is -0.251. The molecular weight excluding hydrogens is 238 g/mol. The van der Waals surface area contributed by atoms with E-state index in [0.29, 0.717) is 12.2 Å². The Hall–Kier alpha value is -2.16. The molecule has 2 rings (SSSR count). The van der Waals surface area contributed by atoms with E-state index in [1.165, 1.54) is 0 Å². The lowest BCUT2D eigenvalue weighted by molar-refractivity contribution is 0.0498. The molecule has 0 aliphatic rings. The highest BCUT2D eigenvalue weighted by molar-refractivity contribution is 5.89. The number of rotatable bonds is 6. The van der Waals surface area contributed by atoms with Gasteiger partial charge in [-0.2, -0.15) is 0 Å². The molecule has 0 fully saturated rings. The van der Waals surface area contributed by atoms with Crippen molar-refractivity contribution in [1.82, 2.24) is 4.98 Å². The standard InChI is InChI=1S/C16H17NO2/c18-16(14-8-2-1-3-9-14)19-13-7-5-11-15-10-4-6-12-17-15/h1-4,6,8-10,12H,5,7,11,13H2. The van der Waals surface area contributed by atoms with Gasteiger partial charge in [-0.25, -0.2) is 4.79 Å². The first-order chi connectivity index (χ1) is 9.36. The van der Waals surface area contributed by atoms with Crippen molar-refractivity contribution in [2.24, 2.45) is 0 Å². The van der Waals surface area contributed by atoms with Crippen molar-refractivity contribution in [2.75, 3.05) is 6.61 Å². The zero-order chi connectivity index (χ0) is 13.3. The highest BCUT2D eigenvalue weighted by Crippen LogP contribution is 2.04. The second-order valence-electron chi connectivity index (χ2n) is 4.28. The van der Waals surface area contributed by atoms with Gasteiger partial charge in [0.25, 0.3) is 0 Å². The molecule has 0 N–H and O–H groups in total. The van der Waals surface area contributed by atoms with Crippen molar-refractivity contribution < 1.29 is 9.53 Å². The van der Waals surface area contributed by atoms with Gasteiger partial charge < -0.3 is 4.74 Å². The van der Waals surface area contributed by atoms with Crippen LogP contribution >= 0.6 is 0 Å². The molecule has 0 spiro atoms. The zero-order valence-electron chi connectivity index (χ0n) is 10.8. The van der Waals surface area contributed by atoms with Gasteiger partial charge in [0.1, 0.15) is 0 Å². The van der Waals surface area contributed by atoms with Crippen molar-refractivity contribution in [3.05, 3.63) is 66.0 Å². The van der Waals surface area contributed by atoms with Crippen molar-refractivity contribution in [3.63, 3.8) is 0 Å². The Morgan fingerprint density at radius 2 is 1.79 bits per heavy atom. The van der Waals surface area contributed by atoms with Crippen LogP contribution in [-0.2, 0) is 11.2 Å². The third-order valence-electron chi connectivity index (χ3n) is 2.80. The smallest absolute Gasteiger partial charge is 0.338 e. The molecule has 19 heavy (non-hydrogen) atoms. The lowest BCUT2D eigenvalue weighted by Crippen LogP contribution is -2.06. The number of hydrogen-bond donors (Lipinski definition) is 0. The Morgan fingerprint density at radius 3 is 2.53 bits per heavy atom. The molecule has 1 aromatic carbocycles. The maximum Gasteiger partial charge on any atom is 0.338 e. The van der Waals surface area contributed by atoms with Crippen molar-refractivity contribution >= 4 is 5.97 Å². The molecule has 3 heteroatoms. The second-order valence-corrected chi connectivity index (χ2v) is 4.28. The lowest BCUT2D eigenvalue weighted by atomic mass is 10.2. The fourth-order valence-corrected chi connectivity index (χ4v) is 1.78. The van der Waals surface area contributed by atoms with E-state index in [-0.39, 0.29) is 5.97 Å². The quantitative estimate of drug-likeness (QED) is 0.587. The molecule has 1 aromatic heterocycles. The summed E-state index contributed by atoms with van der Waals surface area (Å²) >= 11 is 0. The number of carbonyl (C=O) groups excluding carboxylic acids is 1. The van der Waals surface area contributed by atoms with E-state index in [1.807, 2.05) is 36.4 Å². The first-order valence-corrected chi connectivity index (χ1v) is 6.48. The first kappa shape index (κ1) is 13.3. The average molecular weight is 255 g/mol. The van der Waals surface area contributed by atoms with Crippen LogP contribution in [0.1, 0.15) is 28.9 Å². The number of benzene rings is 1. The maximum atomic E-state index is 11.6. The third kappa shape index (κ3) is 4.54. The van der Waals surface area contributed by atoms with Gasteiger partial charge in [-0.1, -0.05) is 24.3 Å². The highest BCUT2D eigenvalue weighted by Gasteiger charge is 2.04. The maximum absolute atomic E-state index is 11.6. The van der Waals surface area contributed by atoms with Crippen LogP contribution in [0.25, 0.3) is 0 Å². The van der Waals surface area contributed by atoms with E-state index in [4.69, 9.17) is 4.74 Å². The summed E-state index contributed by atoms with van der Waals surface area (Å²) in [6.07, 6.45) is 4.54. The SMILES string of the molecule is O=C(OCCCCc1ccccn1)c1ccccc1. The monoisotopic (exact) mass is 255 g/mol. The Morgan fingerprint density at radius 1 is 1.00 bits per heavy atom. The van der Waals surface area contributed by atoms with Gasteiger partial charge in [0.15, 0.2) is 0 Å².